The molecule has 0 fully saturated rings. The zero-order chi connectivity index (χ0) is 14.5. The van der Waals surface area contributed by atoms with Gasteiger partial charge in [-0.05, 0) is 31.0 Å². The molecule has 20 heavy (non-hydrogen) atoms. The number of anilines is 2. The van der Waals surface area contributed by atoms with Crippen LogP contribution in [0.2, 0.25) is 0 Å². The number of nitrogens with one attached hydrogen (secondary N) is 2. The van der Waals surface area contributed by atoms with Crippen LogP contribution < -0.4 is 10.6 Å². The number of rotatable bonds is 5. The number of aromatic nitrogens is 2. The third-order valence-electron chi connectivity index (χ3n) is 2.86. The summed E-state index contributed by atoms with van der Waals surface area (Å²) < 4.78 is 0.779. The zero-order valence-corrected chi connectivity index (χ0v) is 13.2. The van der Waals surface area contributed by atoms with Gasteiger partial charge in [-0.1, -0.05) is 35.2 Å². The molecule has 0 aliphatic heterocycles. The molecule has 5 nitrogen and oxygen atoms in total. The Kier molecular flexibility index (Phi) is 4.97. The molecule has 2 aromatic rings. The number of benzene rings is 1. The largest absolute Gasteiger partial charge is 0.358 e. The average Bonchev–Trinajstić information content (AvgIpc) is 2.89. The Morgan fingerprint density at radius 1 is 1.35 bits per heavy atom. The maximum atomic E-state index is 11.2. The number of carbonyl (C=O) groups is 1. The molecule has 2 N–H and O–H groups in total. The molecule has 0 unspecified atom stereocenters. The van der Waals surface area contributed by atoms with Crippen LogP contribution in [-0.4, -0.2) is 28.9 Å². The van der Waals surface area contributed by atoms with Crippen molar-refractivity contribution < 1.29 is 4.79 Å². The van der Waals surface area contributed by atoms with Crippen LogP contribution in [0.25, 0.3) is 0 Å². The van der Waals surface area contributed by atoms with E-state index in [0.29, 0.717) is 5.75 Å². The summed E-state index contributed by atoms with van der Waals surface area (Å²) in [7, 11) is 1.62. The molecule has 0 aliphatic carbocycles. The lowest BCUT2D eigenvalue weighted by Gasteiger charge is -2.08. The van der Waals surface area contributed by atoms with Gasteiger partial charge in [0.05, 0.1) is 5.75 Å². The van der Waals surface area contributed by atoms with E-state index in [1.165, 1.54) is 34.2 Å². The highest BCUT2D eigenvalue weighted by molar-refractivity contribution is 8.01. The molecule has 0 spiro atoms. The monoisotopic (exact) mass is 308 g/mol. The molecule has 1 amide bonds. The predicted octanol–water partition coefficient (Wildman–Crippen LogP) is 2.74. The van der Waals surface area contributed by atoms with Crippen LogP contribution in [0.3, 0.4) is 0 Å². The Balaban J connectivity index is 2.02. The second kappa shape index (κ2) is 6.71. The van der Waals surface area contributed by atoms with E-state index in [9.17, 15) is 4.79 Å². The molecular weight excluding hydrogens is 292 g/mol. The standard InChI is InChI=1S/C13H16N4OS2/c1-8-5-4-6-10(9(8)2)15-12-16-17-13(20-12)19-7-11(18)14-3/h4-6H,7H2,1-3H3,(H,14,18)(H,15,16). The Morgan fingerprint density at radius 2 is 2.15 bits per heavy atom. The molecule has 0 saturated heterocycles. The lowest BCUT2D eigenvalue weighted by Crippen LogP contribution is -2.19. The van der Waals surface area contributed by atoms with Crippen LogP contribution >= 0.6 is 23.1 Å². The van der Waals surface area contributed by atoms with E-state index in [-0.39, 0.29) is 5.91 Å². The van der Waals surface area contributed by atoms with Crippen LogP contribution in [0.1, 0.15) is 11.1 Å². The normalized spacial score (nSPS) is 10.3. The molecule has 106 valence electrons. The van der Waals surface area contributed by atoms with Crippen LogP contribution in [0.5, 0.6) is 0 Å². The van der Waals surface area contributed by atoms with Gasteiger partial charge in [0.2, 0.25) is 11.0 Å². The highest BCUT2D eigenvalue weighted by atomic mass is 32.2. The first-order valence-electron chi connectivity index (χ1n) is 6.10. The summed E-state index contributed by atoms with van der Waals surface area (Å²) in [6.45, 7) is 4.14. The van der Waals surface area contributed by atoms with E-state index in [4.69, 9.17) is 0 Å². The summed E-state index contributed by atoms with van der Waals surface area (Å²) in [5.41, 5.74) is 3.46. The minimum Gasteiger partial charge on any atom is -0.358 e. The molecule has 0 bridgehead atoms. The molecule has 0 atom stereocenters. The SMILES string of the molecule is CNC(=O)CSc1nnc(Nc2cccc(C)c2C)s1. The Labute approximate surface area is 126 Å². The Morgan fingerprint density at radius 3 is 2.90 bits per heavy atom. The highest BCUT2D eigenvalue weighted by Gasteiger charge is 2.08. The van der Waals surface area contributed by atoms with Gasteiger partial charge in [-0.3, -0.25) is 4.79 Å². The van der Waals surface area contributed by atoms with E-state index in [1.807, 2.05) is 12.1 Å². The van der Waals surface area contributed by atoms with Gasteiger partial charge < -0.3 is 10.6 Å². The number of thioether (sulfide) groups is 1. The molecule has 2 rings (SSSR count). The maximum absolute atomic E-state index is 11.2. The smallest absolute Gasteiger partial charge is 0.230 e. The number of hydrogen-bond acceptors (Lipinski definition) is 6. The van der Waals surface area contributed by atoms with Crippen LogP contribution in [0.4, 0.5) is 10.8 Å². The summed E-state index contributed by atoms with van der Waals surface area (Å²) in [5, 5.41) is 14.7. The third kappa shape index (κ3) is 3.71. The number of carbonyl (C=O) groups excluding carboxylic acids is 1. The minimum absolute atomic E-state index is 0.0192. The minimum atomic E-state index is -0.0192. The van der Waals surface area contributed by atoms with Gasteiger partial charge in [-0.15, -0.1) is 10.2 Å². The van der Waals surface area contributed by atoms with Crippen molar-refractivity contribution in [3.63, 3.8) is 0 Å². The molecule has 7 heteroatoms. The molecule has 1 aromatic heterocycles. The van der Waals surface area contributed by atoms with Crippen molar-refractivity contribution in [2.24, 2.45) is 0 Å². The number of hydrogen-bond donors (Lipinski definition) is 2. The van der Waals surface area contributed by atoms with Crippen LogP contribution in [-0.2, 0) is 4.79 Å². The van der Waals surface area contributed by atoms with Gasteiger partial charge in [0.25, 0.3) is 0 Å². The number of aryl methyl sites for hydroxylation is 1. The van der Waals surface area contributed by atoms with E-state index >= 15 is 0 Å². The van der Waals surface area contributed by atoms with E-state index in [0.717, 1.165) is 15.2 Å². The maximum Gasteiger partial charge on any atom is 0.230 e. The van der Waals surface area contributed by atoms with Gasteiger partial charge >= 0.3 is 0 Å². The Bertz CT molecular complexity index is 612. The lowest BCUT2D eigenvalue weighted by atomic mass is 10.1. The van der Waals surface area contributed by atoms with Gasteiger partial charge in [0.1, 0.15) is 0 Å². The van der Waals surface area contributed by atoms with Crippen molar-refractivity contribution in [3.05, 3.63) is 29.3 Å². The van der Waals surface area contributed by atoms with Crippen molar-refractivity contribution >= 4 is 39.8 Å². The van der Waals surface area contributed by atoms with Crippen molar-refractivity contribution in [1.82, 2.24) is 15.5 Å². The highest BCUT2D eigenvalue weighted by Crippen LogP contribution is 2.29. The van der Waals surface area contributed by atoms with Crippen LogP contribution in [0, 0.1) is 13.8 Å². The summed E-state index contributed by atoms with van der Waals surface area (Å²) in [4.78, 5) is 11.2. The molecule has 1 heterocycles. The molecule has 0 aliphatic rings. The fraction of sp³-hybridized carbons (Fsp3) is 0.308. The van der Waals surface area contributed by atoms with E-state index in [2.05, 4.69) is 40.7 Å². The van der Waals surface area contributed by atoms with Gasteiger partial charge in [-0.2, -0.15) is 0 Å². The quantitative estimate of drug-likeness (QED) is 0.831. The van der Waals surface area contributed by atoms with E-state index < -0.39 is 0 Å². The molecule has 1 aromatic carbocycles. The topological polar surface area (TPSA) is 66.9 Å². The zero-order valence-electron chi connectivity index (χ0n) is 11.6. The first-order valence-corrected chi connectivity index (χ1v) is 7.90. The lowest BCUT2D eigenvalue weighted by molar-refractivity contribution is -0.118. The molecule has 0 radical (unpaired) electrons. The van der Waals surface area contributed by atoms with Gasteiger partial charge in [0.15, 0.2) is 4.34 Å². The van der Waals surface area contributed by atoms with E-state index in [1.54, 1.807) is 7.05 Å². The van der Waals surface area contributed by atoms with Gasteiger partial charge in [0, 0.05) is 12.7 Å². The van der Waals surface area contributed by atoms with Crippen molar-refractivity contribution in [3.8, 4) is 0 Å². The van der Waals surface area contributed by atoms with Crippen molar-refractivity contribution in [1.29, 1.82) is 0 Å². The fourth-order valence-corrected chi connectivity index (χ4v) is 3.16. The van der Waals surface area contributed by atoms with Crippen LogP contribution in [0.15, 0.2) is 22.5 Å². The second-order valence-electron chi connectivity index (χ2n) is 4.21. The number of nitrogens with zero attached hydrogens (tertiary/aromatic N) is 2. The summed E-state index contributed by atoms with van der Waals surface area (Å²) in [6.07, 6.45) is 0. The number of amides is 1. The van der Waals surface area contributed by atoms with Crippen molar-refractivity contribution in [2.75, 3.05) is 18.1 Å². The molecule has 0 saturated carbocycles. The third-order valence-corrected chi connectivity index (χ3v) is 4.83. The van der Waals surface area contributed by atoms with Gasteiger partial charge in [-0.25, -0.2) is 0 Å². The Hall–Kier alpha value is -1.60. The summed E-state index contributed by atoms with van der Waals surface area (Å²) in [6, 6.07) is 6.10. The second-order valence-corrected chi connectivity index (χ2v) is 6.41. The summed E-state index contributed by atoms with van der Waals surface area (Å²) in [5.74, 6) is 0.337. The first-order chi connectivity index (χ1) is 9.60. The average molecular weight is 308 g/mol. The molecular formula is C13H16N4OS2. The first kappa shape index (κ1) is 14.8. The predicted molar refractivity (Wildman–Crippen MR) is 83.9 cm³/mol. The van der Waals surface area contributed by atoms with Crippen molar-refractivity contribution in [2.45, 2.75) is 18.2 Å². The summed E-state index contributed by atoms with van der Waals surface area (Å²) >= 11 is 2.83. The fourth-order valence-electron chi connectivity index (χ4n) is 1.52.